The number of rotatable bonds is 6. The lowest BCUT2D eigenvalue weighted by Gasteiger charge is -2.00. The summed E-state index contributed by atoms with van der Waals surface area (Å²) in [6, 6.07) is 0. The summed E-state index contributed by atoms with van der Waals surface area (Å²) in [5.41, 5.74) is 0. The van der Waals surface area contributed by atoms with E-state index in [1.54, 1.807) is 12.2 Å². The average Bonchev–Trinajstić information content (AvgIpc) is 2.19. The van der Waals surface area contributed by atoms with Crippen molar-refractivity contribution < 1.29 is 14.3 Å². The Balaban J connectivity index is 3.37. The Morgan fingerprint density at radius 3 is 1.71 bits per heavy atom. The minimum Gasteiger partial charge on any atom is -0.430 e. The van der Waals surface area contributed by atoms with E-state index >= 15 is 0 Å². The van der Waals surface area contributed by atoms with Gasteiger partial charge in [0, 0.05) is 0 Å². The van der Waals surface area contributed by atoms with E-state index < -0.39 is 6.16 Å². The van der Waals surface area contributed by atoms with Crippen LogP contribution < -0.4 is 0 Å². The van der Waals surface area contributed by atoms with Crippen LogP contribution in [-0.4, -0.2) is 19.4 Å². The molecule has 0 rings (SSSR count). The second-order valence-corrected chi connectivity index (χ2v) is 2.63. The first-order chi connectivity index (χ1) is 6.81. The molecular formula is C11H18O3. The molecule has 0 saturated carbocycles. The van der Waals surface area contributed by atoms with Crippen molar-refractivity contribution in [1.29, 1.82) is 0 Å². The van der Waals surface area contributed by atoms with E-state index in [2.05, 4.69) is 0 Å². The molecule has 0 unspecified atom stereocenters. The van der Waals surface area contributed by atoms with E-state index in [0.717, 1.165) is 12.8 Å². The van der Waals surface area contributed by atoms with E-state index in [0.29, 0.717) is 0 Å². The van der Waals surface area contributed by atoms with Gasteiger partial charge in [0.2, 0.25) is 0 Å². The van der Waals surface area contributed by atoms with Gasteiger partial charge in [0.05, 0.1) is 0 Å². The third kappa shape index (κ3) is 8.84. The van der Waals surface area contributed by atoms with Gasteiger partial charge in [-0.25, -0.2) is 4.79 Å². The minimum absolute atomic E-state index is 0.282. The fourth-order valence-corrected chi connectivity index (χ4v) is 0.743. The van der Waals surface area contributed by atoms with Gasteiger partial charge in [-0.15, -0.1) is 0 Å². The molecule has 0 aliphatic carbocycles. The lowest BCUT2D eigenvalue weighted by atomic mass is 10.4. The topological polar surface area (TPSA) is 35.5 Å². The molecule has 0 saturated heterocycles. The summed E-state index contributed by atoms with van der Waals surface area (Å²) in [5, 5.41) is 0. The maximum absolute atomic E-state index is 10.9. The first-order valence-corrected chi connectivity index (χ1v) is 4.90. The zero-order valence-electron chi connectivity index (χ0n) is 8.86. The SMILES string of the molecule is CCC=CCOC(=O)OCC=CCC. The highest BCUT2D eigenvalue weighted by atomic mass is 16.7. The predicted octanol–water partition coefficient (Wildman–Crippen LogP) is 3.07. The van der Waals surface area contributed by atoms with Crippen molar-refractivity contribution in [2.75, 3.05) is 13.2 Å². The van der Waals surface area contributed by atoms with Crippen LogP contribution in [0.5, 0.6) is 0 Å². The van der Waals surface area contributed by atoms with E-state index in [4.69, 9.17) is 9.47 Å². The molecule has 0 aromatic rings. The minimum atomic E-state index is -0.619. The first kappa shape index (κ1) is 12.8. The fraction of sp³-hybridized carbons (Fsp3) is 0.545. The molecule has 0 aromatic heterocycles. The molecule has 0 radical (unpaired) electrons. The zero-order chi connectivity index (χ0) is 10.6. The van der Waals surface area contributed by atoms with Crippen LogP contribution in [0.15, 0.2) is 24.3 Å². The van der Waals surface area contributed by atoms with E-state index in [1.807, 2.05) is 26.0 Å². The predicted molar refractivity (Wildman–Crippen MR) is 56.2 cm³/mol. The molecule has 0 aliphatic heterocycles. The van der Waals surface area contributed by atoms with Crippen molar-refractivity contribution >= 4 is 6.16 Å². The maximum atomic E-state index is 10.9. The maximum Gasteiger partial charge on any atom is 0.508 e. The van der Waals surface area contributed by atoms with Crippen LogP contribution in [0, 0.1) is 0 Å². The number of allylic oxidation sites excluding steroid dienone is 2. The number of carbonyl (C=O) groups is 1. The zero-order valence-corrected chi connectivity index (χ0v) is 8.86. The van der Waals surface area contributed by atoms with Crippen LogP contribution in [-0.2, 0) is 9.47 Å². The summed E-state index contributed by atoms with van der Waals surface area (Å²) in [4.78, 5) is 10.9. The van der Waals surface area contributed by atoms with Gasteiger partial charge in [-0.3, -0.25) is 0 Å². The molecular weight excluding hydrogens is 180 g/mol. The number of carbonyl (C=O) groups excluding carboxylic acids is 1. The highest BCUT2D eigenvalue weighted by Crippen LogP contribution is 1.89. The van der Waals surface area contributed by atoms with Crippen LogP contribution in [0.1, 0.15) is 26.7 Å². The molecule has 0 spiro atoms. The van der Waals surface area contributed by atoms with Gasteiger partial charge in [0.1, 0.15) is 13.2 Å². The third-order valence-electron chi connectivity index (χ3n) is 1.40. The standard InChI is InChI=1S/C11H18O3/c1-3-5-7-9-13-11(12)14-10-8-6-4-2/h5-8H,3-4,9-10H2,1-2H3. The smallest absolute Gasteiger partial charge is 0.430 e. The van der Waals surface area contributed by atoms with E-state index in [1.165, 1.54) is 0 Å². The molecule has 14 heavy (non-hydrogen) atoms. The van der Waals surface area contributed by atoms with Crippen molar-refractivity contribution in [2.45, 2.75) is 26.7 Å². The van der Waals surface area contributed by atoms with Crippen LogP contribution >= 0.6 is 0 Å². The normalized spacial score (nSPS) is 11.0. The number of ether oxygens (including phenoxy) is 2. The molecule has 3 nitrogen and oxygen atoms in total. The largest absolute Gasteiger partial charge is 0.508 e. The third-order valence-corrected chi connectivity index (χ3v) is 1.40. The lowest BCUT2D eigenvalue weighted by Crippen LogP contribution is -2.07. The van der Waals surface area contributed by atoms with Crippen molar-refractivity contribution in [3.63, 3.8) is 0 Å². The quantitative estimate of drug-likeness (QED) is 0.486. The van der Waals surface area contributed by atoms with E-state index in [-0.39, 0.29) is 13.2 Å². The van der Waals surface area contributed by atoms with Gasteiger partial charge in [0.15, 0.2) is 0 Å². The fourth-order valence-electron chi connectivity index (χ4n) is 0.743. The highest BCUT2D eigenvalue weighted by Gasteiger charge is 1.98. The monoisotopic (exact) mass is 198 g/mol. The molecule has 0 amide bonds. The summed E-state index contributed by atoms with van der Waals surface area (Å²) in [6.45, 7) is 4.60. The summed E-state index contributed by atoms with van der Waals surface area (Å²) in [5.74, 6) is 0. The molecule has 0 aromatic carbocycles. The summed E-state index contributed by atoms with van der Waals surface area (Å²) >= 11 is 0. The molecule has 80 valence electrons. The molecule has 0 aliphatic rings. The number of hydrogen-bond acceptors (Lipinski definition) is 3. The Morgan fingerprint density at radius 2 is 1.36 bits per heavy atom. The van der Waals surface area contributed by atoms with Crippen molar-refractivity contribution in [3.8, 4) is 0 Å². The van der Waals surface area contributed by atoms with Crippen LogP contribution in [0.4, 0.5) is 4.79 Å². The second kappa shape index (κ2) is 9.84. The Kier molecular flexibility index (Phi) is 8.96. The molecule has 0 N–H and O–H groups in total. The second-order valence-electron chi connectivity index (χ2n) is 2.63. The lowest BCUT2D eigenvalue weighted by molar-refractivity contribution is 0.0717. The molecule has 0 heterocycles. The Bertz CT molecular complexity index is 175. The first-order valence-electron chi connectivity index (χ1n) is 4.90. The van der Waals surface area contributed by atoms with Gasteiger partial charge in [-0.2, -0.15) is 0 Å². The van der Waals surface area contributed by atoms with Crippen molar-refractivity contribution in [2.24, 2.45) is 0 Å². The van der Waals surface area contributed by atoms with Crippen LogP contribution in [0.25, 0.3) is 0 Å². The van der Waals surface area contributed by atoms with Crippen molar-refractivity contribution in [1.82, 2.24) is 0 Å². The number of hydrogen-bond donors (Lipinski definition) is 0. The Morgan fingerprint density at radius 1 is 0.929 bits per heavy atom. The molecule has 0 fully saturated rings. The van der Waals surface area contributed by atoms with E-state index in [9.17, 15) is 4.79 Å². The summed E-state index contributed by atoms with van der Waals surface area (Å²) in [7, 11) is 0. The van der Waals surface area contributed by atoms with Gasteiger partial charge in [-0.1, -0.05) is 38.2 Å². The van der Waals surface area contributed by atoms with Gasteiger partial charge in [0.25, 0.3) is 0 Å². The van der Waals surface area contributed by atoms with Crippen molar-refractivity contribution in [3.05, 3.63) is 24.3 Å². The molecule has 0 bridgehead atoms. The van der Waals surface area contributed by atoms with Gasteiger partial charge < -0.3 is 9.47 Å². The van der Waals surface area contributed by atoms with Crippen LogP contribution in [0.2, 0.25) is 0 Å². The Labute approximate surface area is 85.4 Å². The Hall–Kier alpha value is -1.25. The van der Waals surface area contributed by atoms with Crippen LogP contribution in [0.3, 0.4) is 0 Å². The summed E-state index contributed by atoms with van der Waals surface area (Å²) in [6.07, 6.45) is 8.72. The van der Waals surface area contributed by atoms with Gasteiger partial charge in [-0.05, 0) is 12.8 Å². The summed E-state index contributed by atoms with van der Waals surface area (Å²) < 4.78 is 9.48. The van der Waals surface area contributed by atoms with Gasteiger partial charge >= 0.3 is 6.16 Å². The average molecular weight is 198 g/mol. The molecule has 3 heteroatoms. The molecule has 0 atom stereocenters. The highest BCUT2D eigenvalue weighted by molar-refractivity contribution is 5.60.